The number of carbonyl (C=O) groups is 5. The van der Waals surface area contributed by atoms with Crippen molar-refractivity contribution in [3.05, 3.63) is 0 Å². The largest absolute Gasteiger partial charge is 0.465 e. The number of ether oxygens (including phenoxy) is 1. The van der Waals surface area contributed by atoms with Gasteiger partial charge < -0.3 is 26.2 Å². The second-order valence-electron chi connectivity index (χ2n) is 10.0. The van der Waals surface area contributed by atoms with Crippen LogP contribution in [-0.2, 0) is 23.9 Å². The van der Waals surface area contributed by atoms with Crippen LogP contribution in [-0.4, -0.2) is 76.1 Å². The van der Waals surface area contributed by atoms with Gasteiger partial charge in [-0.2, -0.15) is 0 Å². The summed E-state index contributed by atoms with van der Waals surface area (Å²) in [6.45, 7) is 6.69. The zero-order valence-corrected chi connectivity index (χ0v) is 22.2. The number of alkyl halides is 1. The maximum atomic E-state index is 13.2. The van der Waals surface area contributed by atoms with Crippen molar-refractivity contribution < 1.29 is 33.8 Å². The molecule has 5 amide bonds. The second kappa shape index (κ2) is 14.8. The Hall–Kier alpha value is -2.60. The number of carboxylic acid groups (broad SMARTS) is 1. The molecule has 1 aliphatic rings. The van der Waals surface area contributed by atoms with Gasteiger partial charge in [-0.25, -0.2) is 4.79 Å². The second-order valence-corrected chi connectivity index (χ2v) is 10.3. The average Bonchev–Trinajstić information content (AvgIpc) is 2.78. The fourth-order valence-electron chi connectivity index (χ4n) is 4.15. The molecule has 206 valence electrons. The topological polar surface area (TPSA) is 180 Å². The lowest BCUT2D eigenvalue weighted by Gasteiger charge is -2.32. The van der Waals surface area contributed by atoms with Gasteiger partial charge in [-0.3, -0.25) is 29.6 Å². The van der Waals surface area contributed by atoms with Gasteiger partial charge in [-0.05, 0) is 40.0 Å². The molecule has 3 atom stereocenters. The van der Waals surface area contributed by atoms with Gasteiger partial charge in [0.15, 0.2) is 0 Å². The molecule has 13 heteroatoms. The van der Waals surface area contributed by atoms with E-state index in [2.05, 4.69) is 16.1 Å². The molecular weight excluding hydrogens is 494 g/mol. The molecular formula is C23H40ClN5O7. The average molecular weight is 534 g/mol. The van der Waals surface area contributed by atoms with E-state index in [4.69, 9.17) is 22.1 Å². The van der Waals surface area contributed by atoms with Crippen molar-refractivity contribution in [1.82, 2.24) is 21.1 Å². The monoisotopic (exact) mass is 533 g/mol. The lowest BCUT2D eigenvalue weighted by molar-refractivity contribution is -0.142. The third kappa shape index (κ3) is 11.9. The highest BCUT2D eigenvalue weighted by atomic mass is 35.5. The Morgan fingerprint density at radius 2 is 1.69 bits per heavy atom. The Kier molecular flexibility index (Phi) is 13.0. The quantitative estimate of drug-likeness (QED) is 0.185. The fraction of sp³-hybridized carbons (Fsp3) is 0.783. The molecule has 0 bridgehead atoms. The zero-order valence-electron chi connectivity index (χ0n) is 21.5. The third-order valence-corrected chi connectivity index (χ3v) is 5.97. The number of nitrogens with two attached hydrogens (primary N) is 1. The SMILES string of the molecule is C[C@@H](OC(C)(C)C)[C@H](NC(=O)O)C(=O)N[C@@H](CC1CCCCC1)C(=O)NN(CCC(N)=O)C(=O)CCl. The Morgan fingerprint density at radius 1 is 1.08 bits per heavy atom. The first-order valence-corrected chi connectivity index (χ1v) is 12.7. The lowest BCUT2D eigenvalue weighted by Crippen LogP contribution is -2.60. The summed E-state index contributed by atoms with van der Waals surface area (Å²) in [6, 6.07) is -2.36. The van der Waals surface area contributed by atoms with Crippen molar-refractivity contribution in [2.24, 2.45) is 11.7 Å². The maximum Gasteiger partial charge on any atom is 0.405 e. The smallest absolute Gasteiger partial charge is 0.405 e. The number of rotatable bonds is 12. The normalized spacial score (nSPS) is 16.8. The van der Waals surface area contributed by atoms with E-state index in [1.165, 1.54) is 0 Å². The highest BCUT2D eigenvalue weighted by Gasteiger charge is 2.35. The first kappa shape index (κ1) is 31.4. The minimum absolute atomic E-state index is 0.159. The number of hydrogen-bond acceptors (Lipinski definition) is 6. The molecule has 0 aromatic heterocycles. The van der Waals surface area contributed by atoms with Crippen LogP contribution in [0.2, 0.25) is 0 Å². The molecule has 0 aliphatic heterocycles. The third-order valence-electron chi connectivity index (χ3n) is 5.74. The van der Waals surface area contributed by atoms with E-state index in [0.29, 0.717) is 6.42 Å². The molecule has 36 heavy (non-hydrogen) atoms. The van der Waals surface area contributed by atoms with Gasteiger partial charge in [0, 0.05) is 6.42 Å². The highest BCUT2D eigenvalue weighted by molar-refractivity contribution is 6.27. The molecule has 0 heterocycles. The molecule has 1 aliphatic carbocycles. The lowest BCUT2D eigenvalue weighted by atomic mass is 9.84. The zero-order chi connectivity index (χ0) is 27.5. The van der Waals surface area contributed by atoms with Gasteiger partial charge in [-0.15, -0.1) is 11.6 Å². The van der Waals surface area contributed by atoms with Crippen LogP contribution < -0.4 is 21.8 Å². The van der Waals surface area contributed by atoms with Gasteiger partial charge >= 0.3 is 6.09 Å². The molecule has 0 spiro atoms. The van der Waals surface area contributed by atoms with E-state index in [-0.39, 0.29) is 18.9 Å². The van der Waals surface area contributed by atoms with Crippen LogP contribution in [0.5, 0.6) is 0 Å². The van der Waals surface area contributed by atoms with Crippen LogP contribution in [0.1, 0.15) is 72.6 Å². The van der Waals surface area contributed by atoms with Crippen molar-refractivity contribution in [2.45, 2.75) is 96.4 Å². The number of hydrogen-bond donors (Lipinski definition) is 5. The molecule has 0 saturated heterocycles. The summed E-state index contributed by atoms with van der Waals surface area (Å²) < 4.78 is 5.78. The van der Waals surface area contributed by atoms with E-state index < -0.39 is 59.4 Å². The number of hydrazine groups is 1. The maximum absolute atomic E-state index is 13.2. The number of nitrogens with one attached hydrogen (secondary N) is 3. The summed E-state index contributed by atoms with van der Waals surface area (Å²) in [7, 11) is 0. The Balaban J connectivity index is 3.11. The van der Waals surface area contributed by atoms with E-state index in [1.807, 2.05) is 0 Å². The molecule has 0 radical (unpaired) electrons. The summed E-state index contributed by atoms with van der Waals surface area (Å²) in [5.74, 6) is -3.02. The van der Waals surface area contributed by atoms with Crippen LogP contribution in [0.4, 0.5) is 4.79 Å². The number of carbonyl (C=O) groups excluding carboxylic acids is 4. The first-order valence-electron chi connectivity index (χ1n) is 12.2. The van der Waals surface area contributed by atoms with E-state index in [1.54, 1.807) is 27.7 Å². The fourth-order valence-corrected chi connectivity index (χ4v) is 4.30. The Bertz CT molecular complexity index is 783. The standard InChI is InChI=1S/C23H40ClN5O7/c1-14(36-23(2,3)4)19(27-22(34)35)21(33)26-16(12-15-8-6-5-7-9-15)20(32)28-29(18(31)13-24)11-10-17(25)30/h14-16,19,27H,5-13H2,1-4H3,(H2,25,30)(H,26,33)(H,28,32)(H,34,35)/t14-,16+,19+/m1/s1. The van der Waals surface area contributed by atoms with Gasteiger partial charge in [0.25, 0.3) is 11.8 Å². The van der Waals surface area contributed by atoms with Crippen molar-refractivity contribution in [3.8, 4) is 0 Å². The van der Waals surface area contributed by atoms with Crippen molar-refractivity contribution in [1.29, 1.82) is 0 Å². The first-order chi connectivity index (χ1) is 16.7. The van der Waals surface area contributed by atoms with E-state index >= 15 is 0 Å². The van der Waals surface area contributed by atoms with Crippen molar-refractivity contribution in [2.75, 3.05) is 12.4 Å². The summed E-state index contributed by atoms with van der Waals surface area (Å²) in [6.07, 6.45) is 2.70. The number of amides is 5. The van der Waals surface area contributed by atoms with Crippen LogP contribution in [0, 0.1) is 5.92 Å². The van der Waals surface area contributed by atoms with Gasteiger partial charge in [0.05, 0.1) is 18.2 Å². The molecule has 1 saturated carbocycles. The van der Waals surface area contributed by atoms with E-state index in [0.717, 1.165) is 37.1 Å². The molecule has 0 unspecified atom stereocenters. The summed E-state index contributed by atoms with van der Waals surface area (Å²) in [4.78, 5) is 61.2. The highest BCUT2D eigenvalue weighted by Crippen LogP contribution is 2.27. The molecule has 1 rings (SSSR count). The molecule has 0 aromatic rings. The predicted octanol–water partition coefficient (Wildman–Crippen LogP) is 1.26. The van der Waals surface area contributed by atoms with Gasteiger partial charge in [0.2, 0.25) is 11.8 Å². The van der Waals surface area contributed by atoms with Crippen molar-refractivity contribution in [3.63, 3.8) is 0 Å². The number of primary amides is 1. The Labute approximate surface area is 217 Å². The molecule has 12 nitrogen and oxygen atoms in total. The van der Waals surface area contributed by atoms with Crippen LogP contribution >= 0.6 is 11.6 Å². The molecule has 0 aromatic carbocycles. The predicted molar refractivity (Wildman–Crippen MR) is 133 cm³/mol. The summed E-state index contributed by atoms with van der Waals surface area (Å²) in [5.41, 5.74) is 6.94. The van der Waals surface area contributed by atoms with Gasteiger partial charge in [-0.1, -0.05) is 32.1 Å². The van der Waals surface area contributed by atoms with Crippen LogP contribution in [0.3, 0.4) is 0 Å². The minimum atomic E-state index is -1.42. The van der Waals surface area contributed by atoms with Gasteiger partial charge in [0.1, 0.15) is 18.0 Å². The van der Waals surface area contributed by atoms with E-state index in [9.17, 15) is 29.1 Å². The molecule has 1 fully saturated rings. The minimum Gasteiger partial charge on any atom is -0.465 e. The van der Waals surface area contributed by atoms with Crippen LogP contribution in [0.25, 0.3) is 0 Å². The summed E-state index contributed by atoms with van der Waals surface area (Å²) in [5, 5.41) is 15.0. The summed E-state index contributed by atoms with van der Waals surface area (Å²) >= 11 is 5.64. The number of halogens is 1. The Morgan fingerprint density at radius 3 is 2.19 bits per heavy atom. The molecule has 6 N–H and O–H groups in total. The number of nitrogens with zero attached hydrogens (tertiary/aromatic N) is 1. The van der Waals surface area contributed by atoms with Crippen molar-refractivity contribution >= 4 is 41.3 Å². The van der Waals surface area contributed by atoms with Crippen LogP contribution in [0.15, 0.2) is 0 Å².